The number of rotatable bonds is 5. The monoisotopic (exact) mass is 415 g/mol. The van der Waals surface area contributed by atoms with Gasteiger partial charge in [-0.15, -0.1) is 0 Å². The summed E-state index contributed by atoms with van der Waals surface area (Å²) in [5.41, 5.74) is 6.74. The molecule has 0 atom stereocenters. The molecule has 0 bridgehead atoms. The van der Waals surface area contributed by atoms with Crippen molar-refractivity contribution < 1.29 is 22.8 Å². The molecule has 3 rings (SSSR count). The Bertz CT molecular complexity index is 1110. The second kappa shape index (κ2) is 8.60. The topological polar surface area (TPSA) is 110 Å². The Morgan fingerprint density at radius 3 is 2.43 bits per heavy atom. The van der Waals surface area contributed by atoms with Crippen LogP contribution in [0.25, 0.3) is 11.3 Å². The van der Waals surface area contributed by atoms with Crippen LogP contribution in [0.1, 0.15) is 26.4 Å². The van der Waals surface area contributed by atoms with E-state index in [4.69, 9.17) is 5.73 Å². The number of nitrogens with two attached hydrogens (primary N) is 1. The molecule has 0 spiro atoms. The third-order valence-corrected chi connectivity index (χ3v) is 4.16. The van der Waals surface area contributed by atoms with E-state index in [2.05, 4.69) is 20.6 Å². The molecule has 0 aliphatic carbocycles. The molecule has 154 valence electrons. The number of nitrogens with zero attached hydrogens (tertiary/aromatic N) is 2. The van der Waals surface area contributed by atoms with E-state index in [-0.39, 0.29) is 29.2 Å². The number of anilines is 1. The zero-order valence-corrected chi connectivity index (χ0v) is 15.7. The Morgan fingerprint density at radius 2 is 1.77 bits per heavy atom. The second-order valence-electron chi connectivity index (χ2n) is 6.21. The van der Waals surface area contributed by atoms with Gasteiger partial charge in [0, 0.05) is 24.7 Å². The van der Waals surface area contributed by atoms with Gasteiger partial charge in [0.05, 0.1) is 11.9 Å². The minimum absolute atomic E-state index is 0.0363. The van der Waals surface area contributed by atoms with E-state index < -0.39 is 29.3 Å². The van der Waals surface area contributed by atoms with Crippen LogP contribution in [0.3, 0.4) is 0 Å². The van der Waals surface area contributed by atoms with Crippen molar-refractivity contribution in [2.24, 2.45) is 0 Å². The second-order valence-corrected chi connectivity index (χ2v) is 6.21. The van der Waals surface area contributed by atoms with Crippen LogP contribution in [0.15, 0.2) is 42.6 Å². The minimum atomic E-state index is -1.57. The highest BCUT2D eigenvalue weighted by molar-refractivity contribution is 5.97. The van der Waals surface area contributed by atoms with Crippen LogP contribution in [-0.2, 0) is 6.54 Å². The molecule has 0 fully saturated rings. The maximum atomic E-state index is 13.3. The van der Waals surface area contributed by atoms with Crippen LogP contribution in [0.5, 0.6) is 0 Å². The van der Waals surface area contributed by atoms with Gasteiger partial charge in [0.1, 0.15) is 0 Å². The first-order valence-corrected chi connectivity index (χ1v) is 8.66. The summed E-state index contributed by atoms with van der Waals surface area (Å²) in [6.45, 7) is -0.209. The molecule has 0 unspecified atom stereocenters. The van der Waals surface area contributed by atoms with Crippen molar-refractivity contribution in [1.29, 1.82) is 0 Å². The highest BCUT2D eigenvalue weighted by atomic mass is 19.2. The fraction of sp³-hybridized carbons (Fsp3) is 0.100. The van der Waals surface area contributed by atoms with E-state index in [0.717, 1.165) is 12.1 Å². The number of halogens is 3. The lowest BCUT2D eigenvalue weighted by Crippen LogP contribution is -2.23. The highest BCUT2D eigenvalue weighted by Gasteiger charge is 2.15. The van der Waals surface area contributed by atoms with Gasteiger partial charge in [-0.3, -0.25) is 9.59 Å². The van der Waals surface area contributed by atoms with E-state index in [1.807, 2.05) is 0 Å². The minimum Gasteiger partial charge on any atom is -0.382 e. The van der Waals surface area contributed by atoms with E-state index in [1.54, 1.807) is 12.1 Å². The molecule has 0 aliphatic heterocycles. The van der Waals surface area contributed by atoms with Crippen molar-refractivity contribution in [3.63, 3.8) is 0 Å². The van der Waals surface area contributed by atoms with Gasteiger partial charge in [-0.1, -0.05) is 12.1 Å². The third-order valence-electron chi connectivity index (χ3n) is 4.16. The van der Waals surface area contributed by atoms with Gasteiger partial charge in [-0.25, -0.2) is 23.1 Å². The van der Waals surface area contributed by atoms with Crippen LogP contribution >= 0.6 is 0 Å². The number of nitrogens with one attached hydrogen (secondary N) is 2. The normalized spacial score (nSPS) is 10.5. The number of aromatic nitrogens is 2. The smallest absolute Gasteiger partial charge is 0.273 e. The Hall–Kier alpha value is -3.95. The van der Waals surface area contributed by atoms with Gasteiger partial charge >= 0.3 is 0 Å². The third kappa shape index (κ3) is 4.37. The Balaban J connectivity index is 1.80. The van der Waals surface area contributed by atoms with Crippen LogP contribution in [0, 0.1) is 17.5 Å². The molecule has 30 heavy (non-hydrogen) atoms. The molecular weight excluding hydrogens is 399 g/mol. The Morgan fingerprint density at radius 1 is 1.07 bits per heavy atom. The van der Waals surface area contributed by atoms with Gasteiger partial charge in [0.15, 0.2) is 29.0 Å². The van der Waals surface area contributed by atoms with Crippen LogP contribution in [0.2, 0.25) is 0 Å². The summed E-state index contributed by atoms with van der Waals surface area (Å²) >= 11 is 0. The average Bonchev–Trinajstić information content (AvgIpc) is 2.75. The predicted octanol–water partition coefficient (Wildman–Crippen LogP) is 2.43. The van der Waals surface area contributed by atoms with Crippen LogP contribution in [0.4, 0.5) is 19.0 Å². The molecule has 1 aromatic heterocycles. The fourth-order valence-electron chi connectivity index (χ4n) is 2.64. The summed E-state index contributed by atoms with van der Waals surface area (Å²) in [5.74, 6) is -5.32. The lowest BCUT2D eigenvalue weighted by Gasteiger charge is -2.09. The summed E-state index contributed by atoms with van der Waals surface area (Å²) < 4.78 is 39.6. The highest BCUT2D eigenvalue weighted by Crippen LogP contribution is 2.20. The van der Waals surface area contributed by atoms with Crippen molar-refractivity contribution >= 4 is 17.6 Å². The summed E-state index contributed by atoms with van der Waals surface area (Å²) in [4.78, 5) is 32.4. The first-order chi connectivity index (χ1) is 14.3. The number of hydrogen-bond donors (Lipinski definition) is 3. The average molecular weight is 415 g/mol. The maximum Gasteiger partial charge on any atom is 0.273 e. The number of carbonyl (C=O) groups excluding carboxylic acids is 2. The first-order valence-electron chi connectivity index (χ1n) is 8.66. The van der Waals surface area contributed by atoms with E-state index in [0.29, 0.717) is 11.3 Å². The Labute approximate surface area is 169 Å². The molecule has 2 aromatic carbocycles. The molecule has 2 amide bonds. The Kier molecular flexibility index (Phi) is 5.95. The SMILES string of the molecule is CNC(=O)c1nc(-c2cccc(C(=O)NCc3cc(F)c(F)c(F)c3)c2)cnc1N. The maximum absolute atomic E-state index is 13.3. The van der Waals surface area contributed by atoms with Crippen molar-refractivity contribution in [3.8, 4) is 11.3 Å². The molecule has 10 heteroatoms. The molecule has 7 nitrogen and oxygen atoms in total. The van der Waals surface area contributed by atoms with Crippen molar-refractivity contribution in [1.82, 2.24) is 20.6 Å². The van der Waals surface area contributed by atoms with Gasteiger partial charge in [-0.2, -0.15) is 0 Å². The quantitative estimate of drug-likeness (QED) is 0.555. The molecule has 3 aromatic rings. The number of carbonyl (C=O) groups is 2. The zero-order chi connectivity index (χ0) is 21.8. The summed E-state index contributed by atoms with van der Waals surface area (Å²) in [6.07, 6.45) is 1.36. The molecule has 1 heterocycles. The largest absolute Gasteiger partial charge is 0.382 e. The molecule has 4 N–H and O–H groups in total. The fourth-order valence-corrected chi connectivity index (χ4v) is 2.64. The van der Waals surface area contributed by atoms with Crippen molar-refractivity contribution in [2.45, 2.75) is 6.54 Å². The summed E-state index contributed by atoms with van der Waals surface area (Å²) in [5, 5.41) is 4.91. The first kappa shape index (κ1) is 20.8. The number of benzene rings is 2. The number of hydrogen-bond acceptors (Lipinski definition) is 5. The van der Waals surface area contributed by atoms with Crippen LogP contribution < -0.4 is 16.4 Å². The standard InChI is InChI=1S/C20H16F3N5O2/c1-25-20(30)17-18(24)26-9-15(28-17)11-3-2-4-12(7-11)19(29)27-8-10-5-13(21)16(23)14(22)6-10/h2-7,9H,8H2,1H3,(H2,24,26)(H,25,30)(H,27,29). The summed E-state index contributed by atoms with van der Waals surface area (Å²) in [7, 11) is 1.43. The van der Waals surface area contributed by atoms with E-state index >= 15 is 0 Å². The number of amides is 2. The molecule has 0 radical (unpaired) electrons. The zero-order valence-electron chi connectivity index (χ0n) is 15.7. The summed E-state index contributed by atoms with van der Waals surface area (Å²) in [6, 6.07) is 7.90. The van der Waals surface area contributed by atoms with Gasteiger partial charge in [0.25, 0.3) is 11.8 Å². The van der Waals surface area contributed by atoms with Crippen LogP contribution in [-0.4, -0.2) is 28.8 Å². The van der Waals surface area contributed by atoms with Gasteiger partial charge < -0.3 is 16.4 Å². The molecular formula is C20H16F3N5O2. The van der Waals surface area contributed by atoms with Gasteiger partial charge in [0.2, 0.25) is 0 Å². The van der Waals surface area contributed by atoms with Gasteiger partial charge in [-0.05, 0) is 29.8 Å². The van der Waals surface area contributed by atoms with E-state index in [1.165, 1.54) is 25.4 Å². The lowest BCUT2D eigenvalue weighted by molar-refractivity contribution is 0.0945. The molecule has 0 saturated heterocycles. The number of nitrogen functional groups attached to an aromatic ring is 1. The van der Waals surface area contributed by atoms with E-state index in [9.17, 15) is 22.8 Å². The van der Waals surface area contributed by atoms with Crippen molar-refractivity contribution in [2.75, 3.05) is 12.8 Å². The molecule has 0 saturated carbocycles. The lowest BCUT2D eigenvalue weighted by atomic mass is 10.1. The van der Waals surface area contributed by atoms with Crippen molar-refractivity contribution in [3.05, 3.63) is 76.9 Å². The molecule has 0 aliphatic rings. The predicted molar refractivity (Wildman–Crippen MR) is 103 cm³/mol.